The SMILES string of the molecule is O=C(NCC(O)c1ccc(F)cc1F)c1ccc(F)cc1. The van der Waals surface area contributed by atoms with Gasteiger partial charge in [-0.1, -0.05) is 6.07 Å². The minimum absolute atomic E-state index is 0.115. The monoisotopic (exact) mass is 295 g/mol. The lowest BCUT2D eigenvalue weighted by molar-refractivity contribution is 0.0914. The van der Waals surface area contributed by atoms with Crippen LogP contribution in [-0.4, -0.2) is 17.6 Å². The average Bonchev–Trinajstić information content (AvgIpc) is 2.45. The molecule has 0 saturated carbocycles. The zero-order valence-corrected chi connectivity index (χ0v) is 10.8. The lowest BCUT2D eigenvalue weighted by Gasteiger charge is -2.13. The molecule has 2 aromatic carbocycles. The number of amides is 1. The number of aliphatic hydroxyl groups excluding tert-OH is 1. The van der Waals surface area contributed by atoms with Crippen LogP contribution in [0.2, 0.25) is 0 Å². The standard InChI is InChI=1S/C15H12F3NO2/c16-10-3-1-9(2-4-10)15(21)19-8-14(20)12-6-5-11(17)7-13(12)18/h1-7,14,20H,8H2,(H,19,21). The molecule has 2 rings (SSSR count). The number of hydrogen-bond acceptors (Lipinski definition) is 2. The first kappa shape index (κ1) is 15.1. The summed E-state index contributed by atoms with van der Waals surface area (Å²) in [6, 6.07) is 7.62. The van der Waals surface area contributed by atoms with Crippen LogP contribution >= 0.6 is 0 Å². The Morgan fingerprint density at radius 2 is 1.67 bits per heavy atom. The van der Waals surface area contributed by atoms with E-state index in [1.165, 1.54) is 12.1 Å². The molecule has 0 saturated heterocycles. The van der Waals surface area contributed by atoms with Crippen molar-refractivity contribution in [2.24, 2.45) is 0 Å². The van der Waals surface area contributed by atoms with Crippen LogP contribution in [-0.2, 0) is 0 Å². The highest BCUT2D eigenvalue weighted by molar-refractivity contribution is 5.94. The van der Waals surface area contributed by atoms with Crippen molar-refractivity contribution >= 4 is 5.91 Å². The second-order valence-electron chi connectivity index (χ2n) is 4.40. The Morgan fingerprint density at radius 1 is 1.05 bits per heavy atom. The van der Waals surface area contributed by atoms with E-state index in [0.717, 1.165) is 24.3 Å². The van der Waals surface area contributed by atoms with Gasteiger partial charge in [-0.25, -0.2) is 13.2 Å². The Bertz CT molecular complexity index is 644. The van der Waals surface area contributed by atoms with E-state index in [0.29, 0.717) is 6.07 Å². The van der Waals surface area contributed by atoms with Gasteiger partial charge in [0, 0.05) is 23.7 Å². The van der Waals surface area contributed by atoms with Crippen molar-refractivity contribution in [1.82, 2.24) is 5.32 Å². The van der Waals surface area contributed by atoms with E-state index in [-0.39, 0.29) is 17.7 Å². The first-order chi connectivity index (χ1) is 9.97. The van der Waals surface area contributed by atoms with Gasteiger partial charge >= 0.3 is 0 Å². The smallest absolute Gasteiger partial charge is 0.251 e. The minimum Gasteiger partial charge on any atom is -0.386 e. The van der Waals surface area contributed by atoms with Gasteiger partial charge in [-0.05, 0) is 30.3 Å². The Hall–Kier alpha value is -2.34. The summed E-state index contributed by atoms with van der Waals surface area (Å²) >= 11 is 0. The van der Waals surface area contributed by atoms with E-state index in [4.69, 9.17) is 0 Å². The quantitative estimate of drug-likeness (QED) is 0.911. The summed E-state index contributed by atoms with van der Waals surface area (Å²) < 4.78 is 38.9. The Labute approximate surface area is 119 Å². The van der Waals surface area contributed by atoms with Crippen LogP contribution in [0.3, 0.4) is 0 Å². The summed E-state index contributed by atoms with van der Waals surface area (Å²) in [5, 5.41) is 12.2. The third-order valence-electron chi connectivity index (χ3n) is 2.88. The number of benzene rings is 2. The molecular formula is C15H12F3NO2. The summed E-state index contributed by atoms with van der Waals surface area (Å²) in [7, 11) is 0. The molecule has 1 amide bonds. The van der Waals surface area contributed by atoms with E-state index >= 15 is 0 Å². The third kappa shape index (κ3) is 3.82. The molecule has 0 spiro atoms. The molecule has 110 valence electrons. The molecule has 2 aromatic rings. The average molecular weight is 295 g/mol. The van der Waals surface area contributed by atoms with Crippen LogP contribution in [0, 0.1) is 17.5 Å². The fourth-order valence-corrected chi connectivity index (χ4v) is 1.77. The van der Waals surface area contributed by atoms with Gasteiger partial charge in [0.1, 0.15) is 17.5 Å². The van der Waals surface area contributed by atoms with Crippen LogP contribution in [0.1, 0.15) is 22.0 Å². The van der Waals surface area contributed by atoms with Crippen LogP contribution in [0.25, 0.3) is 0 Å². The van der Waals surface area contributed by atoms with Crippen LogP contribution < -0.4 is 5.32 Å². The largest absolute Gasteiger partial charge is 0.386 e. The molecule has 3 nitrogen and oxygen atoms in total. The van der Waals surface area contributed by atoms with Crippen LogP contribution in [0.4, 0.5) is 13.2 Å². The van der Waals surface area contributed by atoms with E-state index in [2.05, 4.69) is 5.32 Å². The van der Waals surface area contributed by atoms with Gasteiger partial charge < -0.3 is 10.4 Å². The highest BCUT2D eigenvalue weighted by Gasteiger charge is 2.15. The van der Waals surface area contributed by atoms with Crippen molar-refractivity contribution in [3.63, 3.8) is 0 Å². The van der Waals surface area contributed by atoms with E-state index in [9.17, 15) is 23.1 Å². The number of nitrogens with one attached hydrogen (secondary N) is 1. The second-order valence-corrected chi connectivity index (χ2v) is 4.40. The van der Waals surface area contributed by atoms with Gasteiger partial charge in [-0.15, -0.1) is 0 Å². The van der Waals surface area contributed by atoms with Crippen molar-refractivity contribution in [3.8, 4) is 0 Å². The van der Waals surface area contributed by atoms with Gasteiger partial charge in [-0.3, -0.25) is 4.79 Å². The lowest BCUT2D eigenvalue weighted by Crippen LogP contribution is -2.28. The normalized spacial score (nSPS) is 12.0. The number of aliphatic hydroxyl groups is 1. The predicted octanol–water partition coefficient (Wildman–Crippen LogP) is 2.57. The van der Waals surface area contributed by atoms with Crippen molar-refractivity contribution < 1.29 is 23.1 Å². The molecule has 2 N–H and O–H groups in total. The van der Waals surface area contributed by atoms with Gasteiger partial charge in [0.05, 0.1) is 6.10 Å². The van der Waals surface area contributed by atoms with Crippen molar-refractivity contribution in [2.45, 2.75) is 6.10 Å². The molecule has 0 bridgehead atoms. The van der Waals surface area contributed by atoms with Gasteiger partial charge in [-0.2, -0.15) is 0 Å². The predicted molar refractivity (Wildman–Crippen MR) is 70.1 cm³/mol. The molecule has 0 aliphatic heterocycles. The lowest BCUT2D eigenvalue weighted by atomic mass is 10.1. The summed E-state index contributed by atoms with van der Waals surface area (Å²) in [5.41, 5.74) is 0.0963. The molecule has 0 aliphatic rings. The fraction of sp³-hybridized carbons (Fsp3) is 0.133. The topological polar surface area (TPSA) is 49.3 Å². The molecule has 21 heavy (non-hydrogen) atoms. The summed E-state index contributed by atoms with van der Waals surface area (Å²) in [4.78, 5) is 11.7. The Balaban J connectivity index is 1.98. The first-order valence-electron chi connectivity index (χ1n) is 6.14. The van der Waals surface area contributed by atoms with Crippen molar-refractivity contribution in [3.05, 3.63) is 71.0 Å². The highest BCUT2D eigenvalue weighted by atomic mass is 19.1. The molecule has 0 heterocycles. The molecule has 1 atom stereocenters. The Morgan fingerprint density at radius 3 is 2.29 bits per heavy atom. The van der Waals surface area contributed by atoms with Gasteiger partial charge in [0.2, 0.25) is 0 Å². The maximum absolute atomic E-state index is 13.4. The summed E-state index contributed by atoms with van der Waals surface area (Å²) in [6.45, 7) is -0.251. The molecular weight excluding hydrogens is 283 g/mol. The van der Waals surface area contributed by atoms with Crippen LogP contribution in [0.5, 0.6) is 0 Å². The highest BCUT2D eigenvalue weighted by Crippen LogP contribution is 2.17. The van der Waals surface area contributed by atoms with Crippen molar-refractivity contribution in [2.75, 3.05) is 6.54 Å². The van der Waals surface area contributed by atoms with E-state index in [1.807, 2.05) is 0 Å². The first-order valence-corrected chi connectivity index (χ1v) is 6.14. The van der Waals surface area contributed by atoms with Crippen molar-refractivity contribution in [1.29, 1.82) is 0 Å². The number of carbonyl (C=O) groups is 1. The molecule has 6 heteroatoms. The molecule has 0 fully saturated rings. The molecule has 0 aromatic heterocycles. The van der Waals surface area contributed by atoms with Crippen LogP contribution in [0.15, 0.2) is 42.5 Å². The Kier molecular flexibility index (Phi) is 4.59. The zero-order chi connectivity index (χ0) is 15.4. The molecule has 0 radical (unpaired) electrons. The fourth-order valence-electron chi connectivity index (χ4n) is 1.77. The molecule has 0 aliphatic carbocycles. The number of carbonyl (C=O) groups excluding carboxylic acids is 1. The molecule has 1 unspecified atom stereocenters. The van der Waals surface area contributed by atoms with Gasteiger partial charge in [0.25, 0.3) is 5.91 Å². The maximum Gasteiger partial charge on any atom is 0.251 e. The summed E-state index contributed by atoms with van der Waals surface area (Å²) in [5.74, 6) is -2.64. The number of halogens is 3. The maximum atomic E-state index is 13.4. The minimum atomic E-state index is -1.31. The zero-order valence-electron chi connectivity index (χ0n) is 10.8. The van der Waals surface area contributed by atoms with E-state index < -0.39 is 29.5 Å². The summed E-state index contributed by atoms with van der Waals surface area (Å²) in [6.07, 6.45) is -1.31. The van der Waals surface area contributed by atoms with E-state index in [1.54, 1.807) is 0 Å². The third-order valence-corrected chi connectivity index (χ3v) is 2.88. The van der Waals surface area contributed by atoms with Gasteiger partial charge in [0.15, 0.2) is 0 Å². The second kappa shape index (κ2) is 6.41. The number of rotatable bonds is 4. The number of hydrogen-bond donors (Lipinski definition) is 2.